The molecule has 1 aliphatic rings. The minimum atomic E-state index is -0.112. The summed E-state index contributed by atoms with van der Waals surface area (Å²) in [4.78, 5) is 18.7. The van der Waals surface area contributed by atoms with E-state index in [1.165, 1.54) is 0 Å². The maximum absolute atomic E-state index is 12.4. The van der Waals surface area contributed by atoms with Crippen molar-refractivity contribution in [2.24, 2.45) is 0 Å². The van der Waals surface area contributed by atoms with Gasteiger partial charge in [-0.3, -0.25) is 4.79 Å². The first-order valence-electron chi connectivity index (χ1n) is 9.25. The average molecular weight is 374 g/mol. The van der Waals surface area contributed by atoms with Gasteiger partial charge in [-0.05, 0) is 37.3 Å². The van der Waals surface area contributed by atoms with Crippen molar-refractivity contribution in [1.82, 2.24) is 25.1 Å². The van der Waals surface area contributed by atoms with Gasteiger partial charge in [0.2, 0.25) is 17.6 Å². The van der Waals surface area contributed by atoms with Crippen LogP contribution in [0.3, 0.4) is 0 Å². The van der Waals surface area contributed by atoms with Crippen LogP contribution in [0.1, 0.15) is 25.2 Å². The highest BCUT2D eigenvalue weighted by atomic mass is 16.5. The Morgan fingerprint density at radius 2 is 2.04 bits per heavy atom. The Bertz CT molecular complexity index is 1150. The Morgan fingerprint density at radius 3 is 2.86 bits per heavy atom. The van der Waals surface area contributed by atoms with Gasteiger partial charge in [0, 0.05) is 30.8 Å². The highest BCUT2D eigenvalue weighted by molar-refractivity contribution is 5.96. The molecule has 8 nitrogen and oxygen atoms in total. The highest BCUT2D eigenvalue weighted by Crippen LogP contribution is 2.32. The van der Waals surface area contributed by atoms with E-state index in [1.807, 2.05) is 60.1 Å². The van der Waals surface area contributed by atoms with E-state index in [9.17, 15) is 4.79 Å². The Labute approximate surface area is 160 Å². The number of aromatic nitrogens is 5. The third-order valence-corrected chi connectivity index (χ3v) is 5.06. The first kappa shape index (κ1) is 16.6. The van der Waals surface area contributed by atoms with Crippen LogP contribution in [0.2, 0.25) is 0 Å². The fraction of sp³-hybridized carbons (Fsp3) is 0.250. The molecule has 0 spiro atoms. The van der Waals surface area contributed by atoms with E-state index in [0.717, 1.165) is 28.8 Å². The second-order valence-corrected chi connectivity index (χ2v) is 6.81. The zero-order valence-electron chi connectivity index (χ0n) is 15.3. The molecule has 1 atom stereocenters. The van der Waals surface area contributed by atoms with Gasteiger partial charge in [0.25, 0.3) is 0 Å². The third kappa shape index (κ3) is 2.74. The van der Waals surface area contributed by atoms with E-state index < -0.39 is 0 Å². The van der Waals surface area contributed by atoms with Gasteiger partial charge in [0.15, 0.2) is 0 Å². The number of amides is 1. The van der Waals surface area contributed by atoms with Crippen molar-refractivity contribution in [1.29, 1.82) is 0 Å². The first-order valence-corrected chi connectivity index (χ1v) is 9.25. The van der Waals surface area contributed by atoms with Crippen LogP contribution in [0.5, 0.6) is 0 Å². The van der Waals surface area contributed by atoms with Gasteiger partial charge in [-0.2, -0.15) is 4.98 Å². The van der Waals surface area contributed by atoms with Crippen LogP contribution < -0.4 is 4.90 Å². The molecule has 0 unspecified atom stereocenters. The molecule has 2 aromatic heterocycles. The number of benzene rings is 2. The Hall–Kier alpha value is -3.55. The van der Waals surface area contributed by atoms with Crippen molar-refractivity contribution in [3.8, 4) is 11.4 Å². The fourth-order valence-electron chi connectivity index (χ4n) is 3.59. The number of carbonyl (C=O) groups is 1. The van der Waals surface area contributed by atoms with E-state index >= 15 is 0 Å². The molecule has 4 aromatic rings. The van der Waals surface area contributed by atoms with Crippen molar-refractivity contribution in [2.45, 2.75) is 25.8 Å². The van der Waals surface area contributed by atoms with Crippen LogP contribution in [0.4, 0.5) is 5.69 Å². The number of hydrogen-bond acceptors (Lipinski definition) is 6. The Balaban J connectivity index is 1.40. The van der Waals surface area contributed by atoms with Gasteiger partial charge in [0.05, 0.1) is 11.4 Å². The second-order valence-electron chi connectivity index (χ2n) is 6.81. The third-order valence-electron chi connectivity index (χ3n) is 5.06. The number of aryl methyl sites for hydroxylation is 1. The number of nitrogens with zero attached hydrogens (tertiary/aromatic N) is 6. The van der Waals surface area contributed by atoms with Crippen LogP contribution in [0.15, 0.2) is 53.1 Å². The maximum atomic E-state index is 12.4. The Kier molecular flexibility index (Phi) is 3.89. The molecule has 140 valence electrons. The molecular weight excluding hydrogens is 356 g/mol. The molecule has 8 heteroatoms. The van der Waals surface area contributed by atoms with E-state index in [2.05, 4.69) is 20.5 Å². The molecule has 1 fully saturated rings. The molecule has 0 radical (unpaired) electrons. The molecule has 1 aliphatic heterocycles. The molecule has 0 bridgehead atoms. The summed E-state index contributed by atoms with van der Waals surface area (Å²) in [6.45, 7) is 3.32. The number of hydrogen-bond donors (Lipinski definition) is 0. The number of fused-ring (bicyclic) bond motifs is 1. The van der Waals surface area contributed by atoms with Gasteiger partial charge >= 0.3 is 0 Å². The first-order chi connectivity index (χ1) is 13.7. The summed E-state index contributed by atoms with van der Waals surface area (Å²) in [5.74, 6) is 0.930. The summed E-state index contributed by atoms with van der Waals surface area (Å²) in [6.07, 6.45) is 0.361. The molecule has 0 aliphatic carbocycles. The molecule has 5 rings (SSSR count). The molecule has 28 heavy (non-hydrogen) atoms. The van der Waals surface area contributed by atoms with E-state index in [4.69, 9.17) is 4.52 Å². The molecular formula is C20H18N6O2. The predicted octanol–water partition coefficient (Wildman–Crippen LogP) is 3.02. The summed E-state index contributed by atoms with van der Waals surface area (Å²) in [5, 5.41) is 12.4. The minimum Gasteiger partial charge on any atom is -0.339 e. The normalized spacial score (nSPS) is 17.0. The molecule has 1 saturated heterocycles. The van der Waals surface area contributed by atoms with E-state index in [-0.39, 0.29) is 11.8 Å². The van der Waals surface area contributed by atoms with Crippen LogP contribution >= 0.6 is 0 Å². The minimum absolute atomic E-state index is 0.0635. The van der Waals surface area contributed by atoms with Gasteiger partial charge in [-0.15, -0.1) is 5.10 Å². The summed E-state index contributed by atoms with van der Waals surface area (Å²) < 4.78 is 7.33. The lowest BCUT2D eigenvalue weighted by molar-refractivity contribution is -0.117. The van der Waals surface area contributed by atoms with Gasteiger partial charge in [-0.25, -0.2) is 4.68 Å². The average Bonchev–Trinajstić information content (AvgIpc) is 3.46. The van der Waals surface area contributed by atoms with Crippen molar-refractivity contribution in [3.63, 3.8) is 0 Å². The quantitative estimate of drug-likeness (QED) is 0.545. The van der Waals surface area contributed by atoms with Crippen LogP contribution in [0.25, 0.3) is 22.4 Å². The molecule has 0 N–H and O–H groups in total. The SMILES string of the molecule is CCn1nnc2cc(-c3noc([C@H]4CC(=O)N(c5ccccc5)C4)n3)ccc21. The number of rotatable bonds is 4. The molecule has 0 saturated carbocycles. The summed E-state index contributed by atoms with van der Waals surface area (Å²) in [6, 6.07) is 15.4. The predicted molar refractivity (Wildman–Crippen MR) is 103 cm³/mol. The van der Waals surface area contributed by atoms with Crippen molar-refractivity contribution in [2.75, 3.05) is 11.4 Å². The van der Waals surface area contributed by atoms with Gasteiger partial charge < -0.3 is 9.42 Å². The van der Waals surface area contributed by atoms with E-state index in [1.54, 1.807) is 4.90 Å². The summed E-state index contributed by atoms with van der Waals surface area (Å²) >= 11 is 0. The maximum Gasteiger partial charge on any atom is 0.232 e. The zero-order chi connectivity index (χ0) is 19.1. The van der Waals surface area contributed by atoms with Crippen molar-refractivity contribution >= 4 is 22.6 Å². The van der Waals surface area contributed by atoms with Crippen molar-refractivity contribution in [3.05, 3.63) is 54.4 Å². The fourth-order valence-corrected chi connectivity index (χ4v) is 3.59. The molecule has 3 heterocycles. The lowest BCUT2D eigenvalue weighted by Crippen LogP contribution is -2.24. The molecule has 2 aromatic carbocycles. The van der Waals surface area contributed by atoms with Crippen molar-refractivity contribution < 1.29 is 9.32 Å². The van der Waals surface area contributed by atoms with Gasteiger partial charge in [-0.1, -0.05) is 28.6 Å². The largest absolute Gasteiger partial charge is 0.339 e. The monoisotopic (exact) mass is 374 g/mol. The standard InChI is InChI=1S/C20H18N6O2/c1-2-26-17-9-8-13(10-16(17)22-24-26)19-21-20(28-23-19)14-11-18(27)25(12-14)15-6-4-3-5-7-15/h3-10,14H,2,11-12H2,1H3/t14-/m0/s1. The topological polar surface area (TPSA) is 89.9 Å². The van der Waals surface area contributed by atoms with Crippen LogP contribution in [-0.2, 0) is 11.3 Å². The Morgan fingerprint density at radius 1 is 1.18 bits per heavy atom. The smallest absolute Gasteiger partial charge is 0.232 e. The highest BCUT2D eigenvalue weighted by Gasteiger charge is 2.35. The lowest BCUT2D eigenvalue weighted by atomic mass is 10.1. The summed E-state index contributed by atoms with van der Waals surface area (Å²) in [7, 11) is 0. The number of carbonyl (C=O) groups excluding carboxylic acids is 1. The summed E-state index contributed by atoms with van der Waals surface area (Å²) in [5.41, 5.74) is 3.46. The second kappa shape index (κ2) is 6.56. The zero-order valence-corrected chi connectivity index (χ0v) is 15.3. The van der Waals surface area contributed by atoms with Crippen LogP contribution in [-0.4, -0.2) is 37.6 Å². The number of anilines is 1. The van der Waals surface area contributed by atoms with Crippen LogP contribution in [0, 0.1) is 0 Å². The lowest BCUT2D eigenvalue weighted by Gasteiger charge is -2.15. The van der Waals surface area contributed by atoms with E-state index in [0.29, 0.717) is 24.7 Å². The number of para-hydroxylation sites is 1. The van der Waals surface area contributed by atoms with Gasteiger partial charge in [0.1, 0.15) is 5.52 Å². The molecule has 1 amide bonds.